The fraction of sp³-hybridized carbons (Fsp3) is 0.115. The van der Waals surface area contributed by atoms with E-state index in [2.05, 4.69) is 33.4 Å². The van der Waals surface area contributed by atoms with Crippen molar-refractivity contribution in [1.82, 2.24) is 4.98 Å². The second kappa shape index (κ2) is 10.1. The van der Waals surface area contributed by atoms with Crippen LogP contribution >= 0.6 is 11.6 Å². The minimum absolute atomic E-state index is 0.103. The number of pyridine rings is 1. The molecular formula is C26H24ClN5O. The maximum atomic E-state index is 6.29. The first kappa shape index (κ1) is 22.3. The Morgan fingerprint density at radius 2 is 1.67 bits per heavy atom. The first-order valence-corrected chi connectivity index (χ1v) is 10.8. The summed E-state index contributed by atoms with van der Waals surface area (Å²) in [6, 6.07) is 27.1. The number of hydrogen-bond donors (Lipinski definition) is 2. The lowest BCUT2D eigenvalue weighted by Crippen LogP contribution is -2.09. The van der Waals surface area contributed by atoms with E-state index in [0.29, 0.717) is 28.6 Å². The molecule has 1 atom stereocenters. The van der Waals surface area contributed by atoms with Crippen LogP contribution in [0.4, 0.5) is 23.0 Å². The minimum Gasteiger partial charge on any atom is -0.497 e. The topological polar surface area (TPSA) is 98.9 Å². The zero-order valence-corrected chi connectivity index (χ0v) is 18.9. The van der Waals surface area contributed by atoms with Gasteiger partial charge in [-0.3, -0.25) is 0 Å². The van der Waals surface area contributed by atoms with Gasteiger partial charge in [-0.25, -0.2) is 4.98 Å². The lowest BCUT2D eigenvalue weighted by molar-refractivity contribution is 0.414. The third-order valence-electron chi connectivity index (χ3n) is 5.32. The van der Waals surface area contributed by atoms with Gasteiger partial charge in [0.05, 0.1) is 12.8 Å². The smallest absolute Gasteiger partial charge is 0.154 e. The summed E-state index contributed by atoms with van der Waals surface area (Å²) < 4.78 is 5.47. The zero-order chi connectivity index (χ0) is 23.2. The highest BCUT2D eigenvalue weighted by molar-refractivity contribution is 6.30. The molecular weight excluding hydrogens is 434 g/mol. The average molecular weight is 458 g/mol. The van der Waals surface area contributed by atoms with Crippen molar-refractivity contribution in [3.8, 4) is 5.75 Å². The number of halogens is 1. The minimum atomic E-state index is -0.103. The fourth-order valence-corrected chi connectivity index (χ4v) is 3.83. The van der Waals surface area contributed by atoms with Crippen LogP contribution in [0.3, 0.4) is 0 Å². The molecule has 166 valence electrons. The molecule has 6 nitrogen and oxygen atoms in total. The van der Waals surface area contributed by atoms with Gasteiger partial charge in [-0.2, -0.15) is 5.11 Å². The molecule has 7 heteroatoms. The highest BCUT2D eigenvalue weighted by atomic mass is 35.5. The van der Waals surface area contributed by atoms with Gasteiger partial charge in [0, 0.05) is 10.9 Å². The Kier molecular flexibility index (Phi) is 6.86. The van der Waals surface area contributed by atoms with Crippen molar-refractivity contribution in [1.29, 1.82) is 0 Å². The summed E-state index contributed by atoms with van der Waals surface area (Å²) in [5, 5.41) is 9.48. The monoisotopic (exact) mass is 457 g/mol. The van der Waals surface area contributed by atoms with Gasteiger partial charge in [-0.05, 0) is 65.6 Å². The van der Waals surface area contributed by atoms with Crippen LogP contribution in [0, 0.1) is 0 Å². The van der Waals surface area contributed by atoms with E-state index in [4.69, 9.17) is 27.8 Å². The quantitative estimate of drug-likeness (QED) is 0.301. The lowest BCUT2D eigenvalue weighted by Gasteiger charge is -2.21. The van der Waals surface area contributed by atoms with E-state index in [1.807, 2.05) is 42.5 Å². The molecule has 1 unspecified atom stereocenters. The molecule has 4 aromatic rings. The zero-order valence-electron chi connectivity index (χ0n) is 18.1. The molecule has 0 fully saturated rings. The number of hydrogen-bond acceptors (Lipinski definition) is 6. The molecule has 0 saturated carbocycles. The van der Waals surface area contributed by atoms with Crippen LogP contribution in [0.5, 0.6) is 5.75 Å². The van der Waals surface area contributed by atoms with E-state index in [0.717, 1.165) is 16.9 Å². The van der Waals surface area contributed by atoms with Gasteiger partial charge in [0.25, 0.3) is 0 Å². The average Bonchev–Trinajstić information content (AvgIpc) is 2.83. The number of nitrogens with two attached hydrogens (primary N) is 2. The second-order valence-electron chi connectivity index (χ2n) is 7.57. The van der Waals surface area contributed by atoms with E-state index < -0.39 is 0 Å². The number of rotatable bonds is 7. The highest BCUT2D eigenvalue weighted by Gasteiger charge is 2.22. The molecule has 4 N–H and O–H groups in total. The molecule has 0 saturated heterocycles. The van der Waals surface area contributed by atoms with Crippen LogP contribution in [-0.4, -0.2) is 12.1 Å². The summed E-state index contributed by atoms with van der Waals surface area (Å²) in [4.78, 5) is 4.23. The maximum absolute atomic E-state index is 6.29. The van der Waals surface area contributed by atoms with Gasteiger partial charge in [-0.15, -0.1) is 5.11 Å². The van der Waals surface area contributed by atoms with Crippen LogP contribution in [0.15, 0.2) is 95.2 Å². The Morgan fingerprint density at radius 3 is 2.39 bits per heavy atom. The predicted molar refractivity (Wildman–Crippen MR) is 134 cm³/mol. The van der Waals surface area contributed by atoms with E-state index in [-0.39, 0.29) is 11.7 Å². The van der Waals surface area contributed by atoms with Gasteiger partial charge in [0.15, 0.2) is 5.82 Å². The number of azo groups is 1. The maximum Gasteiger partial charge on any atom is 0.154 e. The van der Waals surface area contributed by atoms with Gasteiger partial charge < -0.3 is 16.2 Å². The van der Waals surface area contributed by atoms with Crippen molar-refractivity contribution < 1.29 is 4.74 Å². The largest absolute Gasteiger partial charge is 0.497 e. The van der Waals surface area contributed by atoms with Crippen molar-refractivity contribution in [2.24, 2.45) is 10.2 Å². The van der Waals surface area contributed by atoms with Gasteiger partial charge in [0.1, 0.15) is 17.3 Å². The fourth-order valence-electron chi connectivity index (χ4n) is 3.71. The van der Waals surface area contributed by atoms with E-state index in [1.54, 1.807) is 31.4 Å². The summed E-state index contributed by atoms with van der Waals surface area (Å²) in [6.07, 6.45) is 0.709. The molecule has 33 heavy (non-hydrogen) atoms. The predicted octanol–water partition coefficient (Wildman–Crippen LogP) is 6.70. The third kappa shape index (κ3) is 5.48. The normalized spacial score (nSPS) is 12.1. The van der Waals surface area contributed by atoms with E-state index in [1.165, 1.54) is 5.56 Å². The molecule has 1 aromatic heterocycles. The first-order chi connectivity index (χ1) is 16.0. The van der Waals surface area contributed by atoms with Gasteiger partial charge >= 0.3 is 0 Å². The summed E-state index contributed by atoms with van der Waals surface area (Å²) in [5.41, 5.74) is 16.6. The molecule has 0 aliphatic heterocycles. The summed E-state index contributed by atoms with van der Waals surface area (Å²) >= 11 is 5.98. The number of anilines is 2. The van der Waals surface area contributed by atoms with Crippen molar-refractivity contribution in [3.63, 3.8) is 0 Å². The molecule has 0 radical (unpaired) electrons. The number of nitrogen functional groups attached to an aromatic ring is 2. The molecule has 0 bridgehead atoms. The van der Waals surface area contributed by atoms with Crippen LogP contribution in [0.2, 0.25) is 5.02 Å². The Balaban J connectivity index is 1.84. The molecule has 0 spiro atoms. The lowest BCUT2D eigenvalue weighted by atomic mass is 9.85. The molecule has 1 heterocycles. The standard InChI is InChI=1S/C26H24ClN5O/c1-33-21-9-5-8-18(15-21)22(14-17-6-3-2-4-7-17)23-16-24(28)30-26(29)25(23)32-31-20-12-10-19(27)11-13-20/h2-13,15-16,22H,14H2,1H3,(H4,28,29,30). The van der Waals surface area contributed by atoms with Crippen LogP contribution in [-0.2, 0) is 6.42 Å². The number of nitrogens with zero attached hydrogens (tertiary/aromatic N) is 3. The Morgan fingerprint density at radius 1 is 0.909 bits per heavy atom. The molecule has 4 rings (SSSR count). The van der Waals surface area contributed by atoms with E-state index >= 15 is 0 Å². The summed E-state index contributed by atoms with van der Waals surface area (Å²) in [7, 11) is 1.65. The van der Waals surface area contributed by atoms with Crippen molar-refractivity contribution in [2.75, 3.05) is 18.6 Å². The molecule has 3 aromatic carbocycles. The summed E-state index contributed by atoms with van der Waals surface area (Å²) in [5.74, 6) is 1.22. The van der Waals surface area contributed by atoms with Crippen molar-refractivity contribution >= 4 is 34.6 Å². The van der Waals surface area contributed by atoms with Crippen LogP contribution in [0.25, 0.3) is 0 Å². The van der Waals surface area contributed by atoms with Crippen LogP contribution < -0.4 is 16.2 Å². The molecule has 0 aliphatic rings. The number of methoxy groups -OCH3 is 1. The number of benzene rings is 3. The van der Waals surface area contributed by atoms with E-state index in [9.17, 15) is 0 Å². The first-order valence-electron chi connectivity index (χ1n) is 10.4. The Bertz CT molecular complexity index is 1260. The Labute approximate surface area is 197 Å². The van der Waals surface area contributed by atoms with Gasteiger partial charge in [-0.1, -0.05) is 54.1 Å². The second-order valence-corrected chi connectivity index (χ2v) is 8.00. The molecule has 0 amide bonds. The van der Waals surface area contributed by atoms with Crippen molar-refractivity contribution in [2.45, 2.75) is 12.3 Å². The highest BCUT2D eigenvalue weighted by Crippen LogP contribution is 2.40. The number of aromatic nitrogens is 1. The Hall–Kier alpha value is -3.90. The molecule has 0 aliphatic carbocycles. The van der Waals surface area contributed by atoms with Crippen molar-refractivity contribution in [3.05, 3.63) is 107 Å². The number of ether oxygens (including phenoxy) is 1. The van der Waals surface area contributed by atoms with Gasteiger partial charge in [0.2, 0.25) is 0 Å². The van der Waals surface area contributed by atoms with Crippen LogP contribution in [0.1, 0.15) is 22.6 Å². The third-order valence-corrected chi connectivity index (χ3v) is 5.57. The SMILES string of the molecule is COc1cccc(C(Cc2ccccc2)c2cc(N)nc(N)c2N=Nc2ccc(Cl)cc2)c1. The summed E-state index contributed by atoms with van der Waals surface area (Å²) in [6.45, 7) is 0.